The average molecular weight is 1910 g/mol. The van der Waals surface area contributed by atoms with Crippen LogP contribution in [0.4, 0.5) is 0 Å². The SMILES string of the molecule is CC1(C)c2ccccc2-c2cc3ccc4ccc5cc(-c6nc7c(ccc8ccccc87)nc6-c6ccccc6)ccc5c4c3cc21.c1ccc(-c2nc(-c3ccc4c(ccc5ccc6c(ccc7c8ccccc8sc76)c54)c3)nc(-c3cccc4oc5ccccc5c34)n2)cc1.c1ccc(-c2nc(-c3ccc4c(ccc5ccc6c(ccc7sc8ccccc8c76)c54)c3)nc(-c3cccc4oc5ccccc5c34)n2)cc1. The summed E-state index contributed by atoms with van der Waals surface area (Å²) in [6.45, 7) is 4.72. The van der Waals surface area contributed by atoms with Crippen molar-refractivity contribution >= 4 is 226 Å². The molecule has 684 valence electrons. The van der Waals surface area contributed by atoms with Crippen molar-refractivity contribution in [1.29, 1.82) is 0 Å². The summed E-state index contributed by atoms with van der Waals surface area (Å²) >= 11 is 3.74. The summed E-state index contributed by atoms with van der Waals surface area (Å²) in [6.07, 6.45) is 0. The van der Waals surface area contributed by atoms with E-state index in [1.807, 2.05) is 150 Å². The Morgan fingerprint density at radius 1 is 0.190 bits per heavy atom. The van der Waals surface area contributed by atoms with Gasteiger partial charge in [0.2, 0.25) is 0 Å². The summed E-state index contributed by atoms with van der Waals surface area (Å²) < 4.78 is 17.8. The lowest BCUT2D eigenvalue weighted by Gasteiger charge is -2.22. The third-order valence-electron chi connectivity index (χ3n) is 30.2. The Hall–Kier alpha value is -18.7. The summed E-state index contributed by atoms with van der Waals surface area (Å²) in [7, 11) is 0. The van der Waals surface area contributed by atoms with E-state index >= 15 is 0 Å². The van der Waals surface area contributed by atoms with Crippen LogP contribution in [0.25, 0.3) is 305 Å². The Balaban J connectivity index is 0.000000102. The van der Waals surface area contributed by atoms with Crippen LogP contribution in [-0.2, 0) is 5.41 Å². The normalized spacial score (nSPS) is 12.5. The molecule has 7 heterocycles. The molecule has 0 saturated carbocycles. The predicted octanol–water partition coefficient (Wildman–Crippen LogP) is 37.1. The number of nitrogens with zero attached hydrogens (tertiary/aromatic N) is 8. The average Bonchev–Trinajstić information content (AvgIpc) is 1.60. The van der Waals surface area contributed by atoms with Crippen LogP contribution in [-0.4, -0.2) is 39.9 Å². The number of furan rings is 2. The monoisotopic (exact) mass is 1910 g/mol. The van der Waals surface area contributed by atoms with Crippen molar-refractivity contribution in [2.75, 3.05) is 0 Å². The maximum Gasteiger partial charge on any atom is 0.164 e. The minimum atomic E-state index is -0.0488. The highest BCUT2D eigenvalue weighted by atomic mass is 32.1. The molecular weight excluding hydrogens is 1830 g/mol. The number of benzene rings is 24. The van der Waals surface area contributed by atoms with Gasteiger partial charge >= 0.3 is 0 Å². The molecule has 31 aromatic rings. The first-order valence-corrected chi connectivity index (χ1v) is 51.3. The fraction of sp³-hybridized carbons (Fsp3) is 0.0222. The minimum Gasteiger partial charge on any atom is -0.456 e. The van der Waals surface area contributed by atoms with Gasteiger partial charge < -0.3 is 8.83 Å². The van der Waals surface area contributed by atoms with Gasteiger partial charge in [-0.25, -0.2) is 39.9 Å². The second-order valence-electron chi connectivity index (χ2n) is 38.9. The first-order chi connectivity index (χ1) is 72.6. The van der Waals surface area contributed by atoms with Crippen LogP contribution in [0.15, 0.2) is 458 Å². The fourth-order valence-electron chi connectivity index (χ4n) is 23.2. The molecule has 0 amide bonds. The van der Waals surface area contributed by atoms with E-state index in [1.54, 1.807) is 0 Å². The molecule has 0 bridgehead atoms. The van der Waals surface area contributed by atoms with Crippen LogP contribution in [0.1, 0.15) is 25.0 Å². The summed E-state index contributed by atoms with van der Waals surface area (Å²) in [5, 5.41) is 34.1. The standard InChI is InChI=1S/2C45H25N3OS.C45H30N2/c1-2-9-27(10-3-1)43-46-44(48-45(47-43)36-13-8-15-38-41(36)35-12-4-6-14-37(35)49-38)29-20-21-30-28(25-29)18-17-26-19-22-34-32(40(26)30)23-24-33-31-11-5-7-16-39(31)50-42(33)34;1-2-9-27(10-3-1)43-46-44(48-45(47-43)35-13-8-15-37-41(35)33-11-4-6-14-36(33)49-37)29-20-21-30-28(25-29)18-17-26-19-22-32-31(40(26)30)23-24-39-42(32)34-12-5-7-16-38(34)50-39;1-45(2)38-15-9-8-14-35(38)37-25-31-19-17-28-16-18-30-24-32(20-22-33(30)41(28)36(31)26-39(37)45)43-42(29-11-4-3-5-12-29)46-40-23-21-27-10-6-7-13-34(27)44(40)47-43/h2*1-25H;3-26H,1-2H3. The Morgan fingerprint density at radius 3 is 1.19 bits per heavy atom. The number of hydrogen-bond donors (Lipinski definition) is 0. The van der Waals surface area contributed by atoms with Crippen molar-refractivity contribution in [2.24, 2.45) is 0 Å². The van der Waals surface area contributed by atoms with Crippen LogP contribution in [0.3, 0.4) is 0 Å². The molecule has 32 rings (SSSR count). The van der Waals surface area contributed by atoms with Crippen molar-refractivity contribution < 1.29 is 8.83 Å². The summed E-state index contributed by atoms with van der Waals surface area (Å²) in [5.41, 5.74) is 20.1. The smallest absolute Gasteiger partial charge is 0.164 e. The predicted molar refractivity (Wildman–Crippen MR) is 616 cm³/mol. The maximum atomic E-state index is 6.23. The Labute approximate surface area is 849 Å². The maximum absolute atomic E-state index is 6.23. The number of aromatic nitrogens is 8. The van der Waals surface area contributed by atoms with E-state index in [1.165, 1.54) is 154 Å². The van der Waals surface area contributed by atoms with Crippen molar-refractivity contribution in [3.63, 3.8) is 0 Å². The molecule has 0 aliphatic heterocycles. The first kappa shape index (κ1) is 84.0. The fourth-order valence-corrected chi connectivity index (χ4v) is 25.6. The zero-order valence-corrected chi connectivity index (χ0v) is 81.1. The van der Waals surface area contributed by atoms with Gasteiger partial charge in [0.05, 0.1) is 22.4 Å². The van der Waals surface area contributed by atoms with Gasteiger partial charge in [-0.15, -0.1) is 22.7 Å². The van der Waals surface area contributed by atoms with Crippen LogP contribution in [0.2, 0.25) is 0 Å². The molecule has 1 aliphatic rings. The van der Waals surface area contributed by atoms with Crippen LogP contribution in [0, 0.1) is 0 Å². The largest absolute Gasteiger partial charge is 0.456 e. The third-order valence-corrected chi connectivity index (χ3v) is 32.6. The molecule has 10 nitrogen and oxygen atoms in total. The molecule has 0 spiro atoms. The van der Waals surface area contributed by atoms with Gasteiger partial charge in [-0.2, -0.15) is 0 Å². The van der Waals surface area contributed by atoms with Crippen LogP contribution < -0.4 is 0 Å². The van der Waals surface area contributed by atoms with Gasteiger partial charge in [0.1, 0.15) is 22.3 Å². The van der Waals surface area contributed by atoms with E-state index in [0.29, 0.717) is 34.9 Å². The zero-order chi connectivity index (χ0) is 96.8. The quantitative estimate of drug-likeness (QED) is 0.136. The summed E-state index contributed by atoms with van der Waals surface area (Å²) in [6, 6.07) is 159. The van der Waals surface area contributed by atoms with E-state index in [9.17, 15) is 0 Å². The molecule has 0 radical (unpaired) electrons. The van der Waals surface area contributed by atoms with Crippen molar-refractivity contribution in [3.8, 4) is 102 Å². The molecule has 0 atom stereocenters. The number of fused-ring (bicyclic) bond motifs is 35. The topological polar surface area (TPSA) is 129 Å². The Morgan fingerprint density at radius 2 is 0.585 bits per heavy atom. The molecule has 1 aliphatic carbocycles. The van der Waals surface area contributed by atoms with Crippen molar-refractivity contribution in [2.45, 2.75) is 19.3 Å². The minimum absolute atomic E-state index is 0.0488. The highest BCUT2D eigenvalue weighted by Gasteiger charge is 2.36. The molecular formula is C135H80N8O2S2. The number of hydrogen-bond acceptors (Lipinski definition) is 12. The second-order valence-corrected chi connectivity index (χ2v) is 41.0. The Kier molecular flexibility index (Phi) is 19.0. The lowest BCUT2D eigenvalue weighted by atomic mass is 9.81. The molecule has 12 heteroatoms. The van der Waals surface area contributed by atoms with Gasteiger partial charge in [0.15, 0.2) is 34.9 Å². The molecule has 0 N–H and O–H groups in total. The molecule has 0 saturated heterocycles. The number of para-hydroxylation sites is 2. The zero-order valence-electron chi connectivity index (χ0n) is 79.4. The van der Waals surface area contributed by atoms with Crippen molar-refractivity contribution in [1.82, 2.24) is 39.9 Å². The lowest BCUT2D eigenvalue weighted by molar-refractivity contribution is 0.661. The van der Waals surface area contributed by atoms with Crippen molar-refractivity contribution in [3.05, 3.63) is 460 Å². The highest BCUT2D eigenvalue weighted by Crippen LogP contribution is 2.53. The van der Waals surface area contributed by atoms with Gasteiger partial charge in [-0.3, -0.25) is 0 Å². The van der Waals surface area contributed by atoms with E-state index in [4.69, 9.17) is 48.7 Å². The first-order valence-electron chi connectivity index (χ1n) is 49.7. The van der Waals surface area contributed by atoms with Crippen LogP contribution in [0.5, 0.6) is 0 Å². The van der Waals surface area contributed by atoms with E-state index < -0.39 is 0 Å². The molecule has 0 fully saturated rings. The van der Waals surface area contributed by atoms with E-state index in [0.717, 1.165) is 127 Å². The molecule has 0 unspecified atom stereocenters. The van der Waals surface area contributed by atoms with Gasteiger partial charge in [0, 0.05) is 123 Å². The lowest BCUT2D eigenvalue weighted by Crippen LogP contribution is -2.14. The Bertz CT molecular complexity index is 11000. The summed E-state index contributed by atoms with van der Waals surface area (Å²) in [5.74, 6) is 3.75. The highest BCUT2D eigenvalue weighted by molar-refractivity contribution is 7.27. The molecule has 24 aromatic carbocycles. The van der Waals surface area contributed by atoms with E-state index in [-0.39, 0.29) is 5.41 Å². The van der Waals surface area contributed by atoms with Gasteiger partial charge in [-0.1, -0.05) is 384 Å². The number of rotatable bonds is 8. The second kappa shape index (κ2) is 33.2. The van der Waals surface area contributed by atoms with Crippen LogP contribution >= 0.6 is 22.7 Å². The third kappa shape index (κ3) is 13.6. The molecule has 7 aromatic heterocycles. The summed E-state index contributed by atoms with van der Waals surface area (Å²) in [4.78, 5) is 41.1. The number of thiophene rings is 2. The molecule has 147 heavy (non-hydrogen) atoms. The van der Waals surface area contributed by atoms with Gasteiger partial charge in [0.25, 0.3) is 0 Å². The van der Waals surface area contributed by atoms with Gasteiger partial charge in [-0.05, 0) is 198 Å². The van der Waals surface area contributed by atoms with E-state index in [2.05, 4.69) is 335 Å².